The van der Waals surface area contributed by atoms with Gasteiger partial charge in [0, 0.05) is 25.4 Å². The largest absolute Gasteiger partial charge is 0.380 e. The van der Waals surface area contributed by atoms with Gasteiger partial charge in [-0.25, -0.2) is 13.8 Å². The summed E-state index contributed by atoms with van der Waals surface area (Å²) in [4.78, 5) is 41.7. The van der Waals surface area contributed by atoms with Crippen LogP contribution in [0.2, 0.25) is 19.6 Å². The predicted octanol–water partition coefficient (Wildman–Crippen LogP) is 2.71. The van der Waals surface area contributed by atoms with Gasteiger partial charge < -0.3 is 15.4 Å². The van der Waals surface area contributed by atoms with E-state index in [0.29, 0.717) is 17.4 Å². The number of halogens is 2. The number of hydrogen-bond acceptors (Lipinski definition) is 5. The average molecular weight is 515 g/mol. The van der Waals surface area contributed by atoms with Crippen molar-refractivity contribution in [3.63, 3.8) is 0 Å². The van der Waals surface area contributed by atoms with Crippen molar-refractivity contribution in [1.29, 1.82) is 0 Å². The van der Waals surface area contributed by atoms with E-state index < -0.39 is 43.1 Å². The number of hydrogen-bond donors (Lipinski definition) is 2. The molecule has 2 aromatic carbocycles. The summed E-state index contributed by atoms with van der Waals surface area (Å²) in [5, 5.41) is 5.27. The summed E-state index contributed by atoms with van der Waals surface area (Å²) in [6.07, 6.45) is 2.50. The molecule has 36 heavy (non-hydrogen) atoms. The lowest BCUT2D eigenvalue weighted by molar-refractivity contribution is -0.127. The molecule has 0 radical (unpaired) electrons. The first-order valence-electron chi connectivity index (χ1n) is 11.2. The minimum atomic E-state index is -2.15. The van der Waals surface area contributed by atoms with Gasteiger partial charge in [-0.3, -0.25) is 19.0 Å². The lowest BCUT2D eigenvalue weighted by atomic mass is 10.0. The van der Waals surface area contributed by atoms with Crippen molar-refractivity contribution >= 4 is 30.8 Å². The fourth-order valence-electron chi connectivity index (χ4n) is 3.55. The van der Waals surface area contributed by atoms with Crippen LogP contribution in [-0.2, 0) is 27.5 Å². The van der Waals surface area contributed by atoms with Gasteiger partial charge in [0.2, 0.25) is 5.91 Å². The third-order valence-electron chi connectivity index (χ3n) is 5.42. The predicted molar refractivity (Wildman–Crippen MR) is 135 cm³/mol. The van der Waals surface area contributed by atoms with Crippen LogP contribution >= 0.6 is 0 Å². The maximum Gasteiger partial charge on any atom is 0.253 e. The molecule has 0 aliphatic heterocycles. The third-order valence-corrected chi connectivity index (χ3v) is 7.42. The first-order chi connectivity index (χ1) is 17.0. The van der Waals surface area contributed by atoms with Crippen LogP contribution in [0.15, 0.2) is 59.8 Å². The molecule has 0 bridgehead atoms. The summed E-state index contributed by atoms with van der Waals surface area (Å²) in [5.41, 5.74) is 0.464. The van der Waals surface area contributed by atoms with Gasteiger partial charge in [-0.1, -0.05) is 43.9 Å². The van der Waals surface area contributed by atoms with E-state index in [-0.39, 0.29) is 12.2 Å². The molecule has 0 unspecified atom stereocenters. The Morgan fingerprint density at radius 1 is 1.08 bits per heavy atom. The highest BCUT2D eigenvalue weighted by atomic mass is 28.3. The van der Waals surface area contributed by atoms with Gasteiger partial charge in [0.15, 0.2) is 0 Å². The molecule has 1 atom stereocenters. The molecular formula is C25H28F2N4O4Si. The summed E-state index contributed by atoms with van der Waals surface area (Å²) in [6.45, 7) is 5.62. The van der Waals surface area contributed by atoms with E-state index >= 15 is 0 Å². The van der Waals surface area contributed by atoms with E-state index in [0.717, 1.165) is 22.3 Å². The van der Waals surface area contributed by atoms with Crippen molar-refractivity contribution in [1.82, 2.24) is 14.9 Å². The molecule has 2 N–H and O–H groups in total. The Labute approximate surface area is 208 Å². The highest BCUT2D eigenvalue weighted by Gasteiger charge is 2.27. The lowest BCUT2D eigenvalue weighted by Crippen LogP contribution is -2.41. The molecule has 1 heterocycles. The maximum absolute atomic E-state index is 14.8. The highest BCUT2D eigenvalue weighted by Crippen LogP contribution is 2.21. The van der Waals surface area contributed by atoms with Crippen LogP contribution in [0.3, 0.4) is 0 Å². The summed E-state index contributed by atoms with van der Waals surface area (Å²) in [6, 6.07) is 8.71. The Hall–Kier alpha value is -3.70. The van der Waals surface area contributed by atoms with Crippen molar-refractivity contribution < 1.29 is 23.1 Å². The number of rotatable bonds is 9. The second-order valence-electron chi connectivity index (χ2n) is 9.27. The molecular weight excluding hydrogens is 486 g/mol. The van der Waals surface area contributed by atoms with E-state index in [1.807, 2.05) is 19.6 Å². The second-order valence-corrected chi connectivity index (χ2v) is 14.3. The van der Waals surface area contributed by atoms with Crippen molar-refractivity contribution in [2.45, 2.75) is 38.8 Å². The van der Waals surface area contributed by atoms with E-state index in [4.69, 9.17) is 4.74 Å². The van der Waals surface area contributed by atoms with Crippen LogP contribution in [0.1, 0.15) is 17.2 Å². The zero-order chi connectivity index (χ0) is 26.5. The number of amides is 2. The first-order valence-corrected chi connectivity index (χ1v) is 14.7. The molecule has 190 valence electrons. The summed E-state index contributed by atoms with van der Waals surface area (Å²) in [7, 11) is -0.603. The van der Waals surface area contributed by atoms with Gasteiger partial charge in [0.25, 0.3) is 11.5 Å². The van der Waals surface area contributed by atoms with Crippen LogP contribution in [0.4, 0.5) is 14.5 Å². The molecule has 11 heteroatoms. The van der Waals surface area contributed by atoms with Crippen LogP contribution < -0.4 is 21.4 Å². The smallest absolute Gasteiger partial charge is 0.253 e. The fourth-order valence-corrected chi connectivity index (χ4v) is 4.90. The van der Waals surface area contributed by atoms with Gasteiger partial charge in [-0.2, -0.15) is 0 Å². The number of anilines is 1. The number of carbonyl (C=O) groups excluding carboxylic acids is 2. The minimum Gasteiger partial charge on any atom is -0.380 e. The standard InChI is InChI=1S/C25H28F2N4O4Si/c1-35-14-16-5-7-17(8-6-16)24(30-22(32)13-31-15-28-10-9-23(31)33)25(34)29-20-11-19(27)21(12-18(20)26)36(2,3)4/h5-12,15,24H,13-14H2,1-4H3,(H,29,34)(H,30,32)/t24-/m1/s1. The molecule has 0 spiro atoms. The van der Waals surface area contributed by atoms with E-state index in [1.165, 1.54) is 18.6 Å². The third kappa shape index (κ3) is 6.70. The molecule has 3 rings (SSSR count). The van der Waals surface area contributed by atoms with Gasteiger partial charge in [-0.15, -0.1) is 0 Å². The first kappa shape index (κ1) is 26.9. The van der Waals surface area contributed by atoms with Crippen LogP contribution in [0.25, 0.3) is 0 Å². The normalized spacial score (nSPS) is 12.2. The molecule has 0 aliphatic carbocycles. The van der Waals surface area contributed by atoms with Crippen LogP contribution in [0, 0.1) is 11.6 Å². The molecule has 0 saturated heterocycles. The van der Waals surface area contributed by atoms with Crippen molar-refractivity contribution in [2.75, 3.05) is 12.4 Å². The summed E-state index contributed by atoms with van der Waals surface area (Å²) in [5.74, 6) is -2.80. The number of ether oxygens (including phenoxy) is 1. The van der Waals surface area contributed by atoms with Gasteiger partial charge >= 0.3 is 0 Å². The van der Waals surface area contributed by atoms with Gasteiger partial charge in [-0.05, 0) is 22.4 Å². The molecule has 1 aromatic heterocycles. The van der Waals surface area contributed by atoms with Crippen LogP contribution in [0.5, 0.6) is 0 Å². The summed E-state index contributed by atoms with van der Waals surface area (Å²) >= 11 is 0. The molecule has 8 nitrogen and oxygen atoms in total. The molecule has 0 aliphatic rings. The Kier molecular flexibility index (Phi) is 8.48. The second kappa shape index (κ2) is 11.4. The van der Waals surface area contributed by atoms with Crippen molar-refractivity contribution in [3.8, 4) is 0 Å². The quantitative estimate of drug-likeness (QED) is 0.428. The number of benzene rings is 2. The molecule has 2 amide bonds. The average Bonchev–Trinajstić information content (AvgIpc) is 2.81. The maximum atomic E-state index is 14.8. The molecule has 0 fully saturated rings. The number of nitrogens with one attached hydrogen (secondary N) is 2. The Bertz CT molecular complexity index is 1310. The van der Waals surface area contributed by atoms with E-state index in [2.05, 4.69) is 15.6 Å². The Balaban J connectivity index is 1.89. The van der Waals surface area contributed by atoms with Gasteiger partial charge in [0.05, 0.1) is 26.7 Å². The topological polar surface area (TPSA) is 102 Å². The number of nitrogens with zero attached hydrogens (tertiary/aromatic N) is 2. The monoisotopic (exact) mass is 514 g/mol. The highest BCUT2D eigenvalue weighted by molar-refractivity contribution is 6.88. The Morgan fingerprint density at radius 2 is 1.78 bits per heavy atom. The van der Waals surface area contributed by atoms with Crippen molar-refractivity contribution in [3.05, 3.63) is 88.1 Å². The minimum absolute atomic E-state index is 0.304. The lowest BCUT2D eigenvalue weighted by Gasteiger charge is -2.21. The molecule has 3 aromatic rings. The number of aromatic nitrogens is 2. The van der Waals surface area contributed by atoms with E-state index in [1.54, 1.807) is 31.4 Å². The van der Waals surface area contributed by atoms with Crippen molar-refractivity contribution in [2.24, 2.45) is 0 Å². The fraction of sp³-hybridized carbons (Fsp3) is 0.280. The summed E-state index contributed by atoms with van der Waals surface area (Å²) < 4.78 is 35.7. The number of carbonyl (C=O) groups is 2. The SMILES string of the molecule is COCc1ccc([C@@H](NC(=O)Cn2cnccc2=O)C(=O)Nc2cc(F)c([Si](C)(C)C)cc2F)cc1. The molecule has 0 saturated carbocycles. The van der Waals surface area contributed by atoms with Gasteiger partial charge in [0.1, 0.15) is 24.2 Å². The Morgan fingerprint density at radius 3 is 2.39 bits per heavy atom. The zero-order valence-electron chi connectivity index (χ0n) is 20.5. The van der Waals surface area contributed by atoms with Crippen LogP contribution in [-0.4, -0.2) is 36.5 Å². The zero-order valence-corrected chi connectivity index (χ0v) is 21.5. The van der Waals surface area contributed by atoms with E-state index in [9.17, 15) is 23.2 Å². The number of methoxy groups -OCH3 is 1.